The van der Waals surface area contributed by atoms with Gasteiger partial charge in [-0.25, -0.2) is 9.97 Å². The summed E-state index contributed by atoms with van der Waals surface area (Å²) in [6.45, 7) is 2.14. The normalized spacial score (nSPS) is 17.7. The van der Waals surface area contributed by atoms with Crippen molar-refractivity contribution in [1.29, 1.82) is 0 Å². The first-order chi connectivity index (χ1) is 9.84. The maximum absolute atomic E-state index is 6.05. The van der Waals surface area contributed by atoms with E-state index in [9.17, 15) is 0 Å². The van der Waals surface area contributed by atoms with Crippen LogP contribution in [0.5, 0.6) is 0 Å². The van der Waals surface area contributed by atoms with Crippen LogP contribution in [0.2, 0.25) is 0 Å². The number of aliphatic imine (C=N–C) groups is 1. The zero-order valence-corrected chi connectivity index (χ0v) is 11.2. The summed E-state index contributed by atoms with van der Waals surface area (Å²) in [5.74, 6) is 0.487. The molecule has 7 heteroatoms. The lowest BCUT2D eigenvalue weighted by Crippen LogP contribution is -2.35. The molecule has 7 nitrogen and oxygen atoms in total. The van der Waals surface area contributed by atoms with Gasteiger partial charge < -0.3 is 15.5 Å². The van der Waals surface area contributed by atoms with Crippen LogP contribution in [0.25, 0.3) is 11.2 Å². The van der Waals surface area contributed by atoms with Gasteiger partial charge in [-0.2, -0.15) is 0 Å². The van der Waals surface area contributed by atoms with Gasteiger partial charge in [0.05, 0.1) is 18.5 Å². The number of H-pyrrole nitrogens is 1. The summed E-state index contributed by atoms with van der Waals surface area (Å²) in [5.41, 5.74) is 8.35. The van der Waals surface area contributed by atoms with Crippen LogP contribution in [0.4, 0.5) is 0 Å². The standard InChI is InChI=1S/C13H18N6O/c14-12(18-7-16-9-2-5-20-6-3-9)10-1-4-15-13-11(10)17-8-19-13/h1,4,8-9,16H,2-3,5-7H2,(H2,14,18)(H,15,17,19). The highest BCUT2D eigenvalue weighted by Gasteiger charge is 2.12. The number of pyridine rings is 1. The molecule has 1 aliphatic heterocycles. The van der Waals surface area contributed by atoms with Gasteiger partial charge in [-0.1, -0.05) is 0 Å². The second-order valence-corrected chi connectivity index (χ2v) is 4.75. The molecule has 0 atom stereocenters. The molecule has 0 aromatic carbocycles. The molecular formula is C13H18N6O. The fraction of sp³-hybridized carbons (Fsp3) is 0.462. The second-order valence-electron chi connectivity index (χ2n) is 4.75. The Hall–Kier alpha value is -1.99. The Bertz CT molecular complexity index is 602. The number of rotatable bonds is 4. The van der Waals surface area contributed by atoms with E-state index < -0.39 is 0 Å². The van der Waals surface area contributed by atoms with Crippen LogP contribution in [-0.4, -0.2) is 46.7 Å². The van der Waals surface area contributed by atoms with Gasteiger partial charge in [0, 0.05) is 31.0 Å². The summed E-state index contributed by atoms with van der Waals surface area (Å²) < 4.78 is 5.32. The Balaban J connectivity index is 1.66. The van der Waals surface area contributed by atoms with Crippen molar-refractivity contribution in [3.63, 3.8) is 0 Å². The molecule has 20 heavy (non-hydrogen) atoms. The van der Waals surface area contributed by atoms with Crippen molar-refractivity contribution in [2.75, 3.05) is 19.9 Å². The summed E-state index contributed by atoms with van der Waals surface area (Å²) in [6.07, 6.45) is 5.34. The monoisotopic (exact) mass is 274 g/mol. The minimum atomic E-state index is 0.463. The molecule has 1 aliphatic rings. The molecule has 0 saturated carbocycles. The van der Waals surface area contributed by atoms with Crippen molar-refractivity contribution in [3.8, 4) is 0 Å². The maximum atomic E-state index is 6.05. The first-order valence-electron chi connectivity index (χ1n) is 6.74. The van der Waals surface area contributed by atoms with Crippen LogP contribution in [0.3, 0.4) is 0 Å². The Morgan fingerprint density at radius 3 is 3.15 bits per heavy atom. The van der Waals surface area contributed by atoms with E-state index in [1.165, 1.54) is 0 Å². The minimum Gasteiger partial charge on any atom is -0.383 e. The van der Waals surface area contributed by atoms with E-state index in [1.54, 1.807) is 12.5 Å². The predicted octanol–water partition coefficient (Wildman–Crippen LogP) is 0.389. The van der Waals surface area contributed by atoms with E-state index in [1.807, 2.05) is 6.07 Å². The van der Waals surface area contributed by atoms with E-state index in [4.69, 9.17) is 10.5 Å². The summed E-state index contributed by atoms with van der Waals surface area (Å²) in [6, 6.07) is 2.30. The number of amidine groups is 1. The van der Waals surface area contributed by atoms with Crippen molar-refractivity contribution in [2.24, 2.45) is 10.7 Å². The SMILES string of the molecule is NC(=NCNC1CCOCC1)c1ccnc2nc[nH]c12. The largest absolute Gasteiger partial charge is 0.383 e. The molecule has 0 aliphatic carbocycles. The number of aromatic nitrogens is 3. The van der Waals surface area contributed by atoms with Gasteiger partial charge >= 0.3 is 0 Å². The van der Waals surface area contributed by atoms with E-state index in [0.29, 0.717) is 24.2 Å². The fourth-order valence-electron chi connectivity index (χ4n) is 2.31. The van der Waals surface area contributed by atoms with Gasteiger partial charge in [-0.15, -0.1) is 0 Å². The van der Waals surface area contributed by atoms with Gasteiger partial charge in [0.25, 0.3) is 0 Å². The zero-order valence-electron chi connectivity index (χ0n) is 11.2. The van der Waals surface area contributed by atoms with Crippen LogP contribution >= 0.6 is 0 Å². The van der Waals surface area contributed by atoms with Crippen molar-refractivity contribution < 1.29 is 4.74 Å². The minimum absolute atomic E-state index is 0.463. The van der Waals surface area contributed by atoms with Crippen LogP contribution < -0.4 is 11.1 Å². The highest BCUT2D eigenvalue weighted by atomic mass is 16.5. The third kappa shape index (κ3) is 2.78. The lowest BCUT2D eigenvalue weighted by molar-refractivity contribution is 0.0783. The number of nitrogens with zero attached hydrogens (tertiary/aromatic N) is 3. The van der Waals surface area contributed by atoms with Gasteiger partial charge in [-0.05, 0) is 18.9 Å². The molecule has 106 valence electrons. The lowest BCUT2D eigenvalue weighted by atomic mass is 10.1. The number of ether oxygens (including phenoxy) is 1. The fourth-order valence-corrected chi connectivity index (χ4v) is 2.31. The molecule has 4 N–H and O–H groups in total. The molecule has 1 fully saturated rings. The van der Waals surface area contributed by atoms with Crippen molar-refractivity contribution in [2.45, 2.75) is 18.9 Å². The van der Waals surface area contributed by atoms with E-state index in [0.717, 1.165) is 37.1 Å². The summed E-state index contributed by atoms with van der Waals surface area (Å²) >= 11 is 0. The molecule has 3 rings (SSSR count). The number of imidazole rings is 1. The number of aromatic amines is 1. The molecule has 0 unspecified atom stereocenters. The quantitative estimate of drug-likeness (QED) is 0.553. The highest BCUT2D eigenvalue weighted by molar-refractivity contribution is 6.06. The molecule has 0 radical (unpaired) electrons. The first kappa shape index (κ1) is 13.0. The average Bonchev–Trinajstić information content (AvgIpc) is 2.96. The zero-order chi connectivity index (χ0) is 13.8. The molecule has 2 aromatic rings. The number of fused-ring (bicyclic) bond motifs is 1. The number of nitrogens with two attached hydrogens (primary N) is 1. The molecular weight excluding hydrogens is 256 g/mol. The smallest absolute Gasteiger partial charge is 0.178 e. The van der Waals surface area contributed by atoms with Gasteiger partial charge in [0.1, 0.15) is 5.84 Å². The average molecular weight is 274 g/mol. The molecule has 1 saturated heterocycles. The lowest BCUT2D eigenvalue weighted by Gasteiger charge is -2.22. The van der Waals surface area contributed by atoms with Crippen LogP contribution in [-0.2, 0) is 4.74 Å². The van der Waals surface area contributed by atoms with Crippen LogP contribution in [0.15, 0.2) is 23.6 Å². The molecule has 0 bridgehead atoms. The van der Waals surface area contributed by atoms with E-state index in [-0.39, 0.29) is 0 Å². The van der Waals surface area contributed by atoms with Gasteiger partial charge in [0.15, 0.2) is 5.65 Å². The Morgan fingerprint density at radius 2 is 2.30 bits per heavy atom. The van der Waals surface area contributed by atoms with Crippen molar-refractivity contribution >= 4 is 17.0 Å². The summed E-state index contributed by atoms with van der Waals surface area (Å²) in [5, 5.41) is 3.38. The topological polar surface area (TPSA) is 101 Å². The van der Waals surface area contributed by atoms with Crippen molar-refractivity contribution in [1.82, 2.24) is 20.3 Å². The van der Waals surface area contributed by atoms with E-state index >= 15 is 0 Å². The Morgan fingerprint density at radius 1 is 1.45 bits per heavy atom. The number of hydrogen-bond acceptors (Lipinski definition) is 5. The van der Waals surface area contributed by atoms with Gasteiger partial charge in [0.2, 0.25) is 0 Å². The molecule has 2 aromatic heterocycles. The summed E-state index contributed by atoms with van der Waals surface area (Å²) in [7, 11) is 0. The molecule has 0 amide bonds. The molecule has 0 spiro atoms. The summed E-state index contributed by atoms with van der Waals surface area (Å²) in [4.78, 5) is 15.7. The third-order valence-electron chi connectivity index (χ3n) is 3.45. The maximum Gasteiger partial charge on any atom is 0.178 e. The second kappa shape index (κ2) is 5.98. The van der Waals surface area contributed by atoms with Gasteiger partial charge in [-0.3, -0.25) is 10.3 Å². The predicted molar refractivity (Wildman–Crippen MR) is 76.5 cm³/mol. The van der Waals surface area contributed by atoms with Crippen LogP contribution in [0, 0.1) is 0 Å². The Labute approximate surface area is 116 Å². The van der Waals surface area contributed by atoms with Crippen molar-refractivity contribution in [3.05, 3.63) is 24.2 Å². The highest BCUT2D eigenvalue weighted by Crippen LogP contribution is 2.11. The van der Waals surface area contributed by atoms with Crippen LogP contribution in [0.1, 0.15) is 18.4 Å². The third-order valence-corrected chi connectivity index (χ3v) is 3.45. The molecule has 3 heterocycles. The number of nitrogens with one attached hydrogen (secondary N) is 2. The number of hydrogen-bond donors (Lipinski definition) is 3. The van der Waals surface area contributed by atoms with E-state index in [2.05, 4.69) is 25.3 Å². The first-order valence-corrected chi connectivity index (χ1v) is 6.74. The Kier molecular flexibility index (Phi) is 3.89.